The van der Waals surface area contributed by atoms with Gasteiger partial charge < -0.3 is 19.1 Å². The van der Waals surface area contributed by atoms with Gasteiger partial charge in [-0.3, -0.25) is 9.59 Å². The summed E-state index contributed by atoms with van der Waals surface area (Å²) in [7, 11) is 5.25. The molecule has 3 heterocycles. The number of likely N-dealkylation sites (N-methyl/N-ethyl adjacent to an activating group) is 1. The molecule has 1 aromatic heterocycles. The molecule has 2 aliphatic rings. The summed E-state index contributed by atoms with van der Waals surface area (Å²) in [6, 6.07) is 1.60. The Morgan fingerprint density at radius 1 is 1.25 bits per heavy atom. The van der Waals surface area contributed by atoms with Crippen LogP contribution in [0, 0.1) is 5.92 Å². The first kappa shape index (κ1) is 17.0. The van der Waals surface area contributed by atoms with Gasteiger partial charge in [-0.05, 0) is 31.6 Å². The number of carbonyl (C=O) groups is 1. The van der Waals surface area contributed by atoms with E-state index in [1.54, 1.807) is 38.4 Å². The maximum absolute atomic E-state index is 12.0. The molecule has 0 unspecified atom stereocenters. The molecule has 7 nitrogen and oxygen atoms in total. The van der Waals surface area contributed by atoms with Crippen LogP contribution in [0.5, 0.6) is 0 Å². The lowest BCUT2D eigenvalue weighted by Gasteiger charge is -2.35. The number of hydrogen-bond donors (Lipinski definition) is 0. The molecule has 1 aromatic rings. The Kier molecular flexibility index (Phi) is 4.89. The van der Waals surface area contributed by atoms with Crippen molar-refractivity contribution in [1.82, 2.24) is 14.5 Å². The Bertz CT molecular complexity index is 649. The summed E-state index contributed by atoms with van der Waals surface area (Å²) >= 11 is 0. The number of hydrogen-bond acceptors (Lipinski definition) is 5. The van der Waals surface area contributed by atoms with Crippen LogP contribution < -0.4 is 10.5 Å². The van der Waals surface area contributed by atoms with Gasteiger partial charge in [0, 0.05) is 40.3 Å². The highest BCUT2D eigenvalue weighted by molar-refractivity contribution is 5.80. The van der Waals surface area contributed by atoms with E-state index in [9.17, 15) is 9.59 Å². The Morgan fingerprint density at radius 2 is 1.96 bits per heavy atom. The molecular weight excluding hydrogens is 308 g/mol. The average molecular weight is 334 g/mol. The fourth-order valence-corrected chi connectivity index (χ4v) is 3.60. The fourth-order valence-electron chi connectivity index (χ4n) is 3.60. The van der Waals surface area contributed by atoms with E-state index >= 15 is 0 Å². The molecule has 0 spiro atoms. The third kappa shape index (κ3) is 3.45. The summed E-state index contributed by atoms with van der Waals surface area (Å²) in [5.41, 5.74) is -0.0358. The van der Waals surface area contributed by atoms with Crippen molar-refractivity contribution in [2.45, 2.75) is 37.9 Å². The van der Waals surface area contributed by atoms with Crippen molar-refractivity contribution >= 4 is 11.7 Å². The lowest BCUT2D eigenvalue weighted by Crippen LogP contribution is -2.40. The summed E-state index contributed by atoms with van der Waals surface area (Å²) in [5.74, 6) is 1.30. The first-order valence-corrected chi connectivity index (χ1v) is 8.60. The third-order valence-corrected chi connectivity index (χ3v) is 5.12. The van der Waals surface area contributed by atoms with Crippen LogP contribution in [0.25, 0.3) is 0 Å². The van der Waals surface area contributed by atoms with Crippen LogP contribution in [0.1, 0.15) is 25.7 Å². The zero-order chi connectivity index (χ0) is 17.3. The number of amides is 1. The lowest BCUT2D eigenvalue weighted by molar-refractivity contribution is -0.141. The second-order valence-corrected chi connectivity index (χ2v) is 6.99. The van der Waals surface area contributed by atoms with Gasteiger partial charge in [0.15, 0.2) is 0 Å². The second-order valence-electron chi connectivity index (χ2n) is 6.99. The topological polar surface area (TPSA) is 67.7 Å². The molecule has 2 aliphatic heterocycles. The van der Waals surface area contributed by atoms with Gasteiger partial charge in [0.1, 0.15) is 11.9 Å². The summed E-state index contributed by atoms with van der Waals surface area (Å²) in [6.07, 6.45) is 5.26. The first-order valence-electron chi connectivity index (χ1n) is 8.60. The predicted octanol–water partition coefficient (Wildman–Crippen LogP) is 0.633. The van der Waals surface area contributed by atoms with Crippen LogP contribution in [0.3, 0.4) is 0 Å². The largest absolute Gasteiger partial charge is 0.365 e. The highest BCUT2D eigenvalue weighted by atomic mass is 16.5. The quantitative estimate of drug-likeness (QED) is 0.811. The number of rotatable bonds is 3. The van der Waals surface area contributed by atoms with Crippen LogP contribution >= 0.6 is 0 Å². The van der Waals surface area contributed by atoms with Crippen molar-refractivity contribution in [1.29, 1.82) is 0 Å². The van der Waals surface area contributed by atoms with Gasteiger partial charge in [-0.25, -0.2) is 4.98 Å². The van der Waals surface area contributed by atoms with Crippen molar-refractivity contribution in [2.75, 3.05) is 32.1 Å². The fraction of sp³-hybridized carbons (Fsp3) is 0.706. The molecule has 0 saturated carbocycles. The first-order chi connectivity index (χ1) is 11.5. The summed E-state index contributed by atoms with van der Waals surface area (Å²) < 4.78 is 7.50. The molecule has 0 N–H and O–H groups in total. The number of anilines is 1. The van der Waals surface area contributed by atoms with Crippen LogP contribution in [0.2, 0.25) is 0 Å². The Morgan fingerprint density at radius 3 is 2.58 bits per heavy atom. The molecule has 3 rings (SSSR count). The molecule has 2 saturated heterocycles. The number of piperidine rings is 1. The van der Waals surface area contributed by atoms with E-state index in [1.165, 1.54) is 4.57 Å². The van der Waals surface area contributed by atoms with E-state index in [0.717, 1.165) is 44.6 Å². The third-order valence-electron chi connectivity index (χ3n) is 5.12. The van der Waals surface area contributed by atoms with E-state index in [4.69, 9.17) is 4.74 Å². The number of aryl methyl sites for hydroxylation is 1. The number of carbonyl (C=O) groups excluding carboxylic acids is 1. The van der Waals surface area contributed by atoms with E-state index in [1.807, 2.05) is 0 Å². The molecule has 0 aliphatic carbocycles. The minimum absolute atomic E-state index is 0.0358. The number of aromatic nitrogens is 2. The number of ether oxygens (including phenoxy) is 1. The van der Waals surface area contributed by atoms with Crippen LogP contribution in [0.4, 0.5) is 5.82 Å². The normalized spacial score (nSPS) is 25.0. The molecule has 7 heteroatoms. The predicted molar refractivity (Wildman–Crippen MR) is 91.0 cm³/mol. The van der Waals surface area contributed by atoms with Crippen molar-refractivity contribution in [3.05, 3.63) is 22.7 Å². The molecule has 0 aromatic carbocycles. The molecule has 132 valence electrons. The minimum Gasteiger partial charge on any atom is -0.365 e. The maximum Gasteiger partial charge on any atom is 0.255 e. The molecule has 2 atom stereocenters. The zero-order valence-electron chi connectivity index (χ0n) is 14.6. The monoisotopic (exact) mass is 334 g/mol. The molecule has 24 heavy (non-hydrogen) atoms. The Hall–Kier alpha value is -1.89. The van der Waals surface area contributed by atoms with E-state index in [2.05, 4.69) is 9.88 Å². The molecule has 1 amide bonds. The van der Waals surface area contributed by atoms with Gasteiger partial charge in [-0.2, -0.15) is 0 Å². The van der Waals surface area contributed by atoms with Crippen LogP contribution in [-0.2, 0) is 16.6 Å². The van der Waals surface area contributed by atoms with E-state index in [-0.39, 0.29) is 23.7 Å². The van der Waals surface area contributed by atoms with Crippen molar-refractivity contribution < 1.29 is 9.53 Å². The van der Waals surface area contributed by atoms with Crippen LogP contribution in [0.15, 0.2) is 17.2 Å². The molecular formula is C17H26N4O3. The highest BCUT2D eigenvalue weighted by Crippen LogP contribution is 2.33. The van der Waals surface area contributed by atoms with Gasteiger partial charge in [-0.1, -0.05) is 0 Å². The average Bonchev–Trinajstić information content (AvgIpc) is 3.06. The van der Waals surface area contributed by atoms with Gasteiger partial charge in [-0.15, -0.1) is 0 Å². The second kappa shape index (κ2) is 6.93. The standard InChI is InChI=1S/C17H26N4O3/c1-19(2)17(23)14-5-4-13(24-14)12-6-8-21(9-7-12)15-10-16(22)20(3)11-18-15/h10-14H,4-9H2,1-3H3/t13-,14+/m0/s1. The number of nitrogens with zero attached hydrogens (tertiary/aromatic N) is 4. The molecule has 0 bridgehead atoms. The van der Waals surface area contributed by atoms with Crippen LogP contribution in [-0.4, -0.2) is 59.8 Å². The van der Waals surface area contributed by atoms with Crippen molar-refractivity contribution in [3.63, 3.8) is 0 Å². The highest BCUT2D eigenvalue weighted by Gasteiger charge is 2.37. The van der Waals surface area contributed by atoms with Gasteiger partial charge in [0.05, 0.1) is 12.4 Å². The Balaban J connectivity index is 1.55. The van der Waals surface area contributed by atoms with Gasteiger partial charge >= 0.3 is 0 Å². The zero-order valence-corrected chi connectivity index (χ0v) is 14.6. The van der Waals surface area contributed by atoms with E-state index in [0.29, 0.717) is 5.92 Å². The summed E-state index contributed by atoms with van der Waals surface area (Å²) in [6.45, 7) is 1.74. The van der Waals surface area contributed by atoms with E-state index < -0.39 is 0 Å². The van der Waals surface area contributed by atoms with Crippen molar-refractivity contribution in [3.8, 4) is 0 Å². The van der Waals surface area contributed by atoms with Crippen molar-refractivity contribution in [2.24, 2.45) is 13.0 Å². The van der Waals surface area contributed by atoms with Gasteiger partial charge in [0.2, 0.25) is 0 Å². The molecule has 2 fully saturated rings. The smallest absolute Gasteiger partial charge is 0.255 e. The summed E-state index contributed by atoms with van der Waals surface area (Å²) in [4.78, 5) is 31.9. The molecule has 0 radical (unpaired) electrons. The lowest BCUT2D eigenvalue weighted by atomic mass is 9.90. The van der Waals surface area contributed by atoms with Gasteiger partial charge in [0.25, 0.3) is 11.5 Å². The minimum atomic E-state index is -0.276. The Labute approximate surface area is 142 Å². The summed E-state index contributed by atoms with van der Waals surface area (Å²) in [5, 5.41) is 0. The SMILES string of the molecule is CN(C)C(=O)[C@H]1CC[C@@H](C2CCN(c3cc(=O)n(C)cn3)CC2)O1. The maximum atomic E-state index is 12.0.